The Morgan fingerprint density at radius 2 is 2.07 bits per heavy atom. The maximum atomic E-state index is 14.2. The van der Waals surface area contributed by atoms with Crippen molar-refractivity contribution in [1.82, 2.24) is 4.98 Å². The van der Waals surface area contributed by atoms with Gasteiger partial charge < -0.3 is 14.4 Å². The standard InChI is InChI=1S/C20H19ClF2N2O4/c1-11-9-29-20-18(25(11)19(27)8-21)6-14(17(24-20)10-28-12(2)26)5-13-3-4-15(22)7-16(13)23/h3-4,6-7,11H,5,8-10H2,1-2H3/t11-/m0/s1. The first-order valence-corrected chi connectivity index (χ1v) is 9.44. The molecule has 1 aliphatic heterocycles. The number of halogens is 3. The molecule has 0 saturated carbocycles. The monoisotopic (exact) mass is 424 g/mol. The number of amides is 1. The highest BCUT2D eigenvalue weighted by atomic mass is 35.5. The number of hydrogen-bond donors (Lipinski definition) is 0. The summed E-state index contributed by atoms with van der Waals surface area (Å²) in [6.07, 6.45) is 0.0558. The normalized spacial score (nSPS) is 15.5. The molecule has 0 bridgehead atoms. The second-order valence-electron chi connectivity index (χ2n) is 6.67. The second-order valence-corrected chi connectivity index (χ2v) is 6.94. The second kappa shape index (κ2) is 8.73. The van der Waals surface area contributed by atoms with Gasteiger partial charge in [-0.1, -0.05) is 6.07 Å². The summed E-state index contributed by atoms with van der Waals surface area (Å²) >= 11 is 5.74. The predicted molar refractivity (Wildman–Crippen MR) is 102 cm³/mol. The predicted octanol–water partition coefficient (Wildman–Crippen LogP) is 3.37. The van der Waals surface area contributed by atoms with Crippen molar-refractivity contribution in [2.24, 2.45) is 0 Å². The highest BCUT2D eigenvalue weighted by molar-refractivity contribution is 6.29. The maximum absolute atomic E-state index is 14.2. The lowest BCUT2D eigenvalue weighted by Crippen LogP contribution is -2.46. The van der Waals surface area contributed by atoms with Crippen LogP contribution in [0.3, 0.4) is 0 Å². The summed E-state index contributed by atoms with van der Waals surface area (Å²) in [6, 6.07) is 4.65. The SMILES string of the molecule is CC(=O)OCc1nc2c(cc1Cc1ccc(F)cc1F)N(C(=O)CCl)[C@@H](C)CO2. The Morgan fingerprint density at radius 3 is 2.72 bits per heavy atom. The quantitative estimate of drug-likeness (QED) is 0.543. The molecule has 1 aromatic carbocycles. The molecular formula is C20H19ClF2N2O4. The Labute approximate surface area is 171 Å². The van der Waals surface area contributed by atoms with Crippen LogP contribution in [0.2, 0.25) is 0 Å². The molecule has 0 fully saturated rings. The molecule has 154 valence electrons. The van der Waals surface area contributed by atoms with Gasteiger partial charge in [0.1, 0.15) is 36.4 Å². The van der Waals surface area contributed by atoms with Gasteiger partial charge in [-0.25, -0.2) is 13.8 Å². The van der Waals surface area contributed by atoms with E-state index in [4.69, 9.17) is 21.1 Å². The zero-order valence-electron chi connectivity index (χ0n) is 15.9. The first-order chi connectivity index (χ1) is 13.8. The summed E-state index contributed by atoms with van der Waals surface area (Å²) in [6.45, 7) is 3.14. The van der Waals surface area contributed by atoms with E-state index in [1.807, 2.05) is 0 Å². The number of nitrogens with zero attached hydrogens (tertiary/aromatic N) is 2. The van der Waals surface area contributed by atoms with Crippen LogP contribution in [0.1, 0.15) is 30.7 Å². The van der Waals surface area contributed by atoms with Crippen molar-refractivity contribution in [2.75, 3.05) is 17.4 Å². The van der Waals surface area contributed by atoms with Gasteiger partial charge in [0.05, 0.1) is 11.7 Å². The van der Waals surface area contributed by atoms with Crippen LogP contribution in [0.25, 0.3) is 0 Å². The zero-order chi connectivity index (χ0) is 21.1. The molecule has 1 amide bonds. The number of alkyl halides is 1. The Morgan fingerprint density at radius 1 is 1.31 bits per heavy atom. The average molecular weight is 425 g/mol. The van der Waals surface area contributed by atoms with Crippen molar-refractivity contribution >= 4 is 29.2 Å². The molecule has 1 aliphatic rings. The van der Waals surface area contributed by atoms with Crippen molar-refractivity contribution in [1.29, 1.82) is 0 Å². The van der Waals surface area contributed by atoms with Crippen LogP contribution in [0.5, 0.6) is 5.88 Å². The molecule has 0 unspecified atom stereocenters. The molecule has 0 N–H and O–H groups in total. The molecular weight excluding hydrogens is 406 g/mol. The fraction of sp³-hybridized carbons (Fsp3) is 0.350. The molecule has 0 aliphatic carbocycles. The number of anilines is 1. The van der Waals surface area contributed by atoms with Gasteiger partial charge in [0.25, 0.3) is 0 Å². The largest absolute Gasteiger partial charge is 0.474 e. The minimum Gasteiger partial charge on any atom is -0.474 e. The van der Waals surface area contributed by atoms with Crippen molar-refractivity contribution in [3.63, 3.8) is 0 Å². The van der Waals surface area contributed by atoms with Crippen LogP contribution in [-0.2, 0) is 27.4 Å². The molecule has 1 aromatic heterocycles. The lowest BCUT2D eigenvalue weighted by molar-refractivity contribution is -0.142. The molecule has 9 heteroatoms. The van der Waals surface area contributed by atoms with Gasteiger partial charge in [0, 0.05) is 19.4 Å². The lowest BCUT2D eigenvalue weighted by atomic mass is 10.0. The van der Waals surface area contributed by atoms with E-state index in [-0.39, 0.29) is 48.9 Å². The van der Waals surface area contributed by atoms with Crippen LogP contribution in [-0.4, -0.2) is 35.4 Å². The fourth-order valence-corrected chi connectivity index (χ4v) is 3.24. The molecule has 29 heavy (non-hydrogen) atoms. The van der Waals surface area contributed by atoms with E-state index in [0.29, 0.717) is 16.9 Å². The first kappa shape index (κ1) is 21.0. The van der Waals surface area contributed by atoms with E-state index >= 15 is 0 Å². The van der Waals surface area contributed by atoms with Gasteiger partial charge in [-0.2, -0.15) is 0 Å². The number of hydrogen-bond acceptors (Lipinski definition) is 5. The lowest BCUT2D eigenvalue weighted by Gasteiger charge is -2.34. The van der Waals surface area contributed by atoms with Crippen molar-refractivity contribution in [3.05, 3.63) is 52.7 Å². The first-order valence-electron chi connectivity index (χ1n) is 8.91. The third kappa shape index (κ3) is 4.64. The van der Waals surface area contributed by atoms with E-state index in [2.05, 4.69) is 4.98 Å². The van der Waals surface area contributed by atoms with Crippen molar-refractivity contribution < 1.29 is 27.8 Å². The van der Waals surface area contributed by atoms with E-state index in [1.54, 1.807) is 13.0 Å². The number of pyridine rings is 1. The molecule has 3 rings (SSSR count). The maximum Gasteiger partial charge on any atom is 0.303 e. The number of rotatable bonds is 5. The number of ether oxygens (including phenoxy) is 2. The van der Waals surface area contributed by atoms with Crippen LogP contribution in [0, 0.1) is 11.6 Å². The third-order valence-electron chi connectivity index (χ3n) is 4.49. The zero-order valence-corrected chi connectivity index (χ0v) is 16.6. The van der Waals surface area contributed by atoms with Gasteiger partial charge in [0.15, 0.2) is 0 Å². The molecule has 0 spiro atoms. The molecule has 0 saturated heterocycles. The van der Waals surface area contributed by atoms with E-state index in [1.165, 1.54) is 17.9 Å². The minimum atomic E-state index is -0.709. The number of fused-ring (bicyclic) bond motifs is 1. The smallest absolute Gasteiger partial charge is 0.303 e. The number of benzene rings is 1. The van der Waals surface area contributed by atoms with E-state index in [0.717, 1.165) is 12.1 Å². The molecule has 1 atom stereocenters. The van der Waals surface area contributed by atoms with Crippen molar-refractivity contribution in [3.8, 4) is 5.88 Å². The summed E-state index contributed by atoms with van der Waals surface area (Å²) in [4.78, 5) is 29.5. The third-order valence-corrected chi connectivity index (χ3v) is 4.72. The van der Waals surface area contributed by atoms with Crippen LogP contribution < -0.4 is 9.64 Å². The van der Waals surface area contributed by atoms with E-state index < -0.39 is 17.6 Å². The number of aromatic nitrogens is 1. The Balaban J connectivity index is 2.07. The Hall–Kier alpha value is -2.74. The topological polar surface area (TPSA) is 68.7 Å². The molecule has 2 heterocycles. The summed E-state index contributed by atoms with van der Waals surface area (Å²) in [5.41, 5.74) is 1.51. The molecule has 0 radical (unpaired) electrons. The Kier molecular flexibility index (Phi) is 6.32. The van der Waals surface area contributed by atoms with E-state index in [9.17, 15) is 18.4 Å². The minimum absolute atomic E-state index is 0.0558. The Bertz CT molecular complexity index is 954. The van der Waals surface area contributed by atoms with Gasteiger partial charge >= 0.3 is 5.97 Å². The van der Waals surface area contributed by atoms with Gasteiger partial charge in [-0.15, -0.1) is 11.6 Å². The average Bonchev–Trinajstić information content (AvgIpc) is 2.67. The fourth-order valence-electron chi connectivity index (χ4n) is 3.11. The number of carbonyl (C=O) groups is 2. The highest BCUT2D eigenvalue weighted by Gasteiger charge is 2.31. The summed E-state index contributed by atoms with van der Waals surface area (Å²) < 4.78 is 38.1. The summed E-state index contributed by atoms with van der Waals surface area (Å²) in [5, 5.41) is 0. The van der Waals surface area contributed by atoms with Crippen LogP contribution >= 0.6 is 11.6 Å². The molecule has 6 nitrogen and oxygen atoms in total. The van der Waals surface area contributed by atoms with Crippen molar-refractivity contribution in [2.45, 2.75) is 32.9 Å². The molecule has 2 aromatic rings. The highest BCUT2D eigenvalue weighted by Crippen LogP contribution is 2.35. The van der Waals surface area contributed by atoms with Crippen LogP contribution in [0.4, 0.5) is 14.5 Å². The van der Waals surface area contributed by atoms with Crippen LogP contribution in [0.15, 0.2) is 24.3 Å². The summed E-state index contributed by atoms with van der Waals surface area (Å²) in [7, 11) is 0. The van der Waals surface area contributed by atoms with Gasteiger partial charge in [-0.05, 0) is 30.2 Å². The summed E-state index contributed by atoms with van der Waals surface area (Å²) in [5.74, 6) is -2.24. The van der Waals surface area contributed by atoms with Gasteiger partial charge in [0.2, 0.25) is 11.8 Å². The van der Waals surface area contributed by atoms with Gasteiger partial charge in [-0.3, -0.25) is 9.59 Å². The number of carbonyl (C=O) groups excluding carboxylic acids is 2. The number of esters is 1.